The highest BCUT2D eigenvalue weighted by Crippen LogP contribution is 2.39. The third-order valence-electron chi connectivity index (χ3n) is 3.27. The van der Waals surface area contributed by atoms with Gasteiger partial charge in [0.1, 0.15) is 0 Å². The Labute approximate surface area is 88.9 Å². The largest absolute Gasteiger partial charge is 0.344 e. The molecule has 1 aliphatic carbocycles. The van der Waals surface area contributed by atoms with Crippen LogP contribution in [0.2, 0.25) is 0 Å². The second kappa shape index (κ2) is 3.51. The third kappa shape index (κ3) is 1.42. The quantitative estimate of drug-likeness (QED) is 0.828. The van der Waals surface area contributed by atoms with Gasteiger partial charge in [-0.3, -0.25) is 0 Å². The van der Waals surface area contributed by atoms with Gasteiger partial charge in [-0.2, -0.15) is 0 Å². The maximum Gasteiger partial charge on any atom is 0.185 e. The van der Waals surface area contributed by atoms with Crippen LogP contribution in [0.4, 0.5) is 5.13 Å². The minimum Gasteiger partial charge on any atom is -0.344 e. The molecule has 0 spiro atoms. The molecule has 1 fully saturated rings. The van der Waals surface area contributed by atoms with Gasteiger partial charge in [-0.25, -0.2) is 4.98 Å². The summed E-state index contributed by atoms with van der Waals surface area (Å²) in [5, 5.41) is 3.20. The molecule has 78 valence electrons. The molecule has 1 aromatic heterocycles. The lowest BCUT2D eigenvalue weighted by Crippen LogP contribution is -2.57. The second-order valence-electron chi connectivity index (χ2n) is 4.11. The molecule has 0 aromatic carbocycles. The molecule has 1 heterocycles. The molecular weight excluding hydrogens is 194 g/mol. The van der Waals surface area contributed by atoms with E-state index >= 15 is 0 Å². The van der Waals surface area contributed by atoms with Crippen LogP contribution in [-0.4, -0.2) is 24.1 Å². The van der Waals surface area contributed by atoms with E-state index in [9.17, 15) is 0 Å². The first kappa shape index (κ1) is 9.93. The fraction of sp³-hybridized carbons (Fsp3) is 0.700. The highest BCUT2D eigenvalue weighted by Gasteiger charge is 2.40. The first-order chi connectivity index (χ1) is 6.68. The van der Waals surface area contributed by atoms with E-state index in [1.807, 2.05) is 6.92 Å². The average Bonchev–Trinajstić information content (AvgIpc) is 2.50. The van der Waals surface area contributed by atoms with Crippen LogP contribution in [0.25, 0.3) is 0 Å². The SMILES string of the molecule is Cc1csc(N(C)C2(CN)CCC2)n1. The van der Waals surface area contributed by atoms with Crippen molar-refractivity contribution in [3.05, 3.63) is 11.1 Å². The van der Waals surface area contributed by atoms with E-state index in [4.69, 9.17) is 5.73 Å². The van der Waals surface area contributed by atoms with Crippen LogP contribution in [-0.2, 0) is 0 Å². The molecule has 14 heavy (non-hydrogen) atoms. The normalized spacial score (nSPS) is 19.1. The Morgan fingerprint density at radius 2 is 2.36 bits per heavy atom. The van der Waals surface area contributed by atoms with Gasteiger partial charge in [0.05, 0.1) is 11.2 Å². The molecule has 3 nitrogen and oxygen atoms in total. The van der Waals surface area contributed by atoms with Crippen molar-refractivity contribution in [2.45, 2.75) is 31.7 Å². The lowest BCUT2D eigenvalue weighted by Gasteiger charge is -2.48. The van der Waals surface area contributed by atoms with Gasteiger partial charge in [-0.05, 0) is 26.2 Å². The third-order valence-corrected chi connectivity index (χ3v) is 4.30. The van der Waals surface area contributed by atoms with Crippen LogP contribution < -0.4 is 10.6 Å². The summed E-state index contributed by atoms with van der Waals surface area (Å²) in [5.41, 5.74) is 7.15. The van der Waals surface area contributed by atoms with Crippen molar-refractivity contribution >= 4 is 16.5 Å². The Hall–Kier alpha value is -0.610. The topological polar surface area (TPSA) is 42.1 Å². The second-order valence-corrected chi connectivity index (χ2v) is 4.95. The van der Waals surface area contributed by atoms with Crippen LogP contribution in [0.1, 0.15) is 25.0 Å². The molecular formula is C10H17N3S. The molecule has 0 bridgehead atoms. The van der Waals surface area contributed by atoms with Crippen molar-refractivity contribution in [2.75, 3.05) is 18.5 Å². The minimum absolute atomic E-state index is 0.199. The number of nitrogens with two attached hydrogens (primary N) is 1. The molecule has 0 saturated heterocycles. The highest BCUT2D eigenvalue weighted by atomic mass is 32.1. The van der Waals surface area contributed by atoms with Crippen LogP contribution in [0, 0.1) is 6.92 Å². The molecule has 0 amide bonds. The predicted octanol–water partition coefficient (Wildman–Crippen LogP) is 1.77. The van der Waals surface area contributed by atoms with Crippen molar-refractivity contribution in [3.8, 4) is 0 Å². The average molecular weight is 211 g/mol. The molecule has 0 radical (unpaired) electrons. The summed E-state index contributed by atoms with van der Waals surface area (Å²) >= 11 is 1.71. The zero-order valence-electron chi connectivity index (χ0n) is 8.79. The number of rotatable bonds is 3. The molecule has 0 aliphatic heterocycles. The summed E-state index contributed by atoms with van der Waals surface area (Å²) in [6.45, 7) is 2.77. The van der Waals surface area contributed by atoms with E-state index < -0.39 is 0 Å². The zero-order chi connectivity index (χ0) is 10.2. The lowest BCUT2D eigenvalue weighted by molar-refractivity contribution is 0.246. The summed E-state index contributed by atoms with van der Waals surface area (Å²) in [7, 11) is 2.12. The maximum atomic E-state index is 5.85. The van der Waals surface area contributed by atoms with Gasteiger partial charge in [-0.1, -0.05) is 0 Å². The monoisotopic (exact) mass is 211 g/mol. The zero-order valence-corrected chi connectivity index (χ0v) is 9.60. The Morgan fingerprint density at radius 3 is 2.71 bits per heavy atom. The fourth-order valence-corrected chi connectivity index (χ4v) is 2.84. The molecule has 2 rings (SSSR count). The van der Waals surface area contributed by atoms with E-state index in [2.05, 4.69) is 22.3 Å². The maximum absolute atomic E-state index is 5.85. The van der Waals surface area contributed by atoms with Crippen molar-refractivity contribution in [1.82, 2.24) is 4.98 Å². The summed E-state index contributed by atoms with van der Waals surface area (Å²) in [5.74, 6) is 0. The summed E-state index contributed by atoms with van der Waals surface area (Å²) in [4.78, 5) is 6.77. The van der Waals surface area contributed by atoms with Crippen LogP contribution in [0.5, 0.6) is 0 Å². The first-order valence-corrected chi connectivity index (χ1v) is 5.92. The molecule has 1 aromatic rings. The standard InChI is InChI=1S/C10H17N3S/c1-8-6-14-9(12-8)13(2)10(7-11)4-3-5-10/h6H,3-5,7,11H2,1-2H3. The Balaban J connectivity index is 2.18. The predicted molar refractivity (Wildman–Crippen MR) is 60.9 cm³/mol. The number of anilines is 1. The summed E-state index contributed by atoms with van der Waals surface area (Å²) in [6, 6.07) is 0. The molecule has 1 aliphatic rings. The number of nitrogens with zero attached hydrogens (tertiary/aromatic N) is 2. The first-order valence-electron chi connectivity index (χ1n) is 5.04. The fourth-order valence-electron chi connectivity index (χ4n) is 1.96. The van der Waals surface area contributed by atoms with Gasteiger partial charge < -0.3 is 10.6 Å². The summed E-state index contributed by atoms with van der Waals surface area (Å²) < 4.78 is 0. The number of aromatic nitrogens is 1. The van der Waals surface area contributed by atoms with Gasteiger partial charge in [0.25, 0.3) is 0 Å². The van der Waals surface area contributed by atoms with E-state index in [1.54, 1.807) is 11.3 Å². The van der Waals surface area contributed by atoms with Gasteiger partial charge in [0.2, 0.25) is 0 Å². The Bertz CT molecular complexity index is 311. The van der Waals surface area contributed by atoms with E-state index in [0.29, 0.717) is 0 Å². The number of thiazole rings is 1. The highest BCUT2D eigenvalue weighted by molar-refractivity contribution is 7.13. The van der Waals surface area contributed by atoms with Crippen molar-refractivity contribution < 1.29 is 0 Å². The molecule has 4 heteroatoms. The Morgan fingerprint density at radius 1 is 1.64 bits per heavy atom. The van der Waals surface area contributed by atoms with Gasteiger partial charge in [0.15, 0.2) is 5.13 Å². The van der Waals surface area contributed by atoms with Gasteiger partial charge in [-0.15, -0.1) is 11.3 Å². The van der Waals surface area contributed by atoms with Crippen molar-refractivity contribution in [2.24, 2.45) is 5.73 Å². The number of hydrogen-bond acceptors (Lipinski definition) is 4. The smallest absolute Gasteiger partial charge is 0.185 e. The molecule has 0 unspecified atom stereocenters. The molecule has 0 atom stereocenters. The van der Waals surface area contributed by atoms with E-state index in [-0.39, 0.29) is 5.54 Å². The van der Waals surface area contributed by atoms with Crippen molar-refractivity contribution in [1.29, 1.82) is 0 Å². The van der Waals surface area contributed by atoms with Crippen molar-refractivity contribution in [3.63, 3.8) is 0 Å². The molecule has 2 N–H and O–H groups in total. The lowest BCUT2D eigenvalue weighted by atomic mass is 9.76. The van der Waals surface area contributed by atoms with Gasteiger partial charge in [0, 0.05) is 19.0 Å². The molecule has 1 saturated carbocycles. The minimum atomic E-state index is 0.199. The van der Waals surface area contributed by atoms with Crippen LogP contribution in [0.3, 0.4) is 0 Å². The van der Waals surface area contributed by atoms with E-state index in [1.165, 1.54) is 19.3 Å². The van der Waals surface area contributed by atoms with Crippen LogP contribution >= 0.6 is 11.3 Å². The van der Waals surface area contributed by atoms with Crippen LogP contribution in [0.15, 0.2) is 5.38 Å². The van der Waals surface area contributed by atoms with E-state index in [0.717, 1.165) is 17.4 Å². The van der Waals surface area contributed by atoms with Gasteiger partial charge >= 0.3 is 0 Å². The number of hydrogen-bond donors (Lipinski definition) is 1. The Kier molecular flexibility index (Phi) is 2.49. The summed E-state index contributed by atoms with van der Waals surface area (Å²) in [6.07, 6.45) is 3.71. The number of aryl methyl sites for hydroxylation is 1. The number of likely N-dealkylation sites (N-methyl/N-ethyl adjacent to an activating group) is 1.